The van der Waals surface area contributed by atoms with Crippen LogP contribution in [0.4, 0.5) is 18.0 Å². The fourth-order valence-corrected chi connectivity index (χ4v) is 4.87. The fraction of sp³-hybridized carbons (Fsp3) is 0.333. The maximum Gasteiger partial charge on any atom is 0.422 e. The van der Waals surface area contributed by atoms with E-state index in [1.54, 1.807) is 6.92 Å². The Labute approximate surface area is 196 Å². The van der Waals surface area contributed by atoms with Crippen LogP contribution in [0.3, 0.4) is 0 Å². The average Bonchev–Trinajstić information content (AvgIpc) is 3.25. The van der Waals surface area contributed by atoms with Crippen LogP contribution in [0.15, 0.2) is 34.1 Å². The number of nitrogens with zero attached hydrogens (tertiary/aromatic N) is 5. The van der Waals surface area contributed by atoms with Gasteiger partial charge < -0.3 is 9.30 Å². The van der Waals surface area contributed by atoms with Gasteiger partial charge in [0.2, 0.25) is 0 Å². The Hall–Kier alpha value is -3.68. The van der Waals surface area contributed by atoms with Gasteiger partial charge in [0.25, 0.3) is 0 Å². The van der Waals surface area contributed by atoms with Crippen LogP contribution in [0, 0.1) is 0 Å². The zero-order chi connectivity index (χ0) is 25.9. The van der Waals surface area contributed by atoms with Crippen LogP contribution >= 0.6 is 0 Å². The third kappa shape index (κ3) is 3.87. The second-order valence-corrected chi connectivity index (χ2v) is 9.92. The van der Waals surface area contributed by atoms with Gasteiger partial charge in [-0.15, -0.1) is 0 Å². The molecule has 0 aliphatic rings. The lowest BCUT2D eigenvalue weighted by molar-refractivity contribution is -0.137. The van der Waals surface area contributed by atoms with Gasteiger partial charge in [0.15, 0.2) is 15.5 Å². The molecule has 0 aliphatic carbocycles. The first-order chi connectivity index (χ1) is 16.3. The lowest BCUT2D eigenvalue weighted by Crippen LogP contribution is -2.28. The number of alkyl halides is 3. The molecule has 0 aliphatic heterocycles. The molecule has 0 unspecified atom stereocenters. The summed E-state index contributed by atoms with van der Waals surface area (Å²) in [6.45, 7) is 2.99. The van der Waals surface area contributed by atoms with Gasteiger partial charge in [-0.3, -0.25) is 4.57 Å². The number of aryl methyl sites for hydroxylation is 2. The third-order valence-corrected chi connectivity index (χ3v) is 7.37. The first-order valence-electron chi connectivity index (χ1n) is 10.4. The summed E-state index contributed by atoms with van der Waals surface area (Å²) in [5.41, 5.74) is -1.58. The Morgan fingerprint density at radius 3 is 2.37 bits per heavy atom. The lowest BCUT2D eigenvalue weighted by atomic mass is 10.2. The Morgan fingerprint density at radius 1 is 1.09 bits per heavy atom. The van der Waals surface area contributed by atoms with Crippen molar-refractivity contribution in [2.24, 2.45) is 14.1 Å². The van der Waals surface area contributed by atoms with Crippen LogP contribution in [0.2, 0.25) is 0 Å². The maximum absolute atomic E-state index is 13.2. The summed E-state index contributed by atoms with van der Waals surface area (Å²) in [5.74, 6) is -0.300. The number of ether oxygens (including phenoxy) is 1. The van der Waals surface area contributed by atoms with E-state index in [0.29, 0.717) is 6.20 Å². The average molecular weight is 511 g/mol. The van der Waals surface area contributed by atoms with Crippen molar-refractivity contribution in [1.29, 1.82) is 0 Å². The number of hydrogen-bond donors (Lipinski definition) is 0. The summed E-state index contributed by atoms with van der Waals surface area (Å²) in [6.07, 6.45) is -4.94. The molecular weight excluding hydrogens is 491 g/mol. The number of imidazole rings is 2. The molecular formula is C21H20F3N5O5S. The molecule has 4 aromatic rings. The van der Waals surface area contributed by atoms with Crippen molar-refractivity contribution < 1.29 is 31.1 Å². The van der Waals surface area contributed by atoms with E-state index in [2.05, 4.69) is 9.97 Å². The number of aromatic nitrogens is 5. The molecule has 0 saturated heterocycles. The van der Waals surface area contributed by atoms with E-state index in [9.17, 15) is 31.2 Å². The highest BCUT2D eigenvalue weighted by Gasteiger charge is 2.32. The summed E-state index contributed by atoms with van der Waals surface area (Å²) in [5, 5.41) is 0. The fourth-order valence-electron chi connectivity index (χ4n) is 3.79. The molecule has 10 nitrogen and oxygen atoms in total. The van der Waals surface area contributed by atoms with Gasteiger partial charge >= 0.3 is 18.0 Å². The quantitative estimate of drug-likeness (QED) is 0.413. The van der Waals surface area contributed by atoms with Crippen molar-refractivity contribution in [3.8, 4) is 11.4 Å². The smallest absolute Gasteiger partial charge is 0.422 e. The lowest BCUT2D eigenvalue weighted by Gasteiger charge is -2.11. The third-order valence-electron chi connectivity index (χ3n) is 5.60. The van der Waals surface area contributed by atoms with E-state index >= 15 is 0 Å². The van der Waals surface area contributed by atoms with Gasteiger partial charge in [-0.05, 0) is 25.1 Å². The van der Waals surface area contributed by atoms with Crippen molar-refractivity contribution in [2.75, 3.05) is 12.4 Å². The number of sulfone groups is 1. The van der Waals surface area contributed by atoms with E-state index in [1.165, 1.54) is 37.7 Å². The SMILES string of the molecule is CCOC(=O)n1c(=O)n(C)c2cc(S(=O)(=O)CC)c(-c3nc4cc(C(F)(F)F)cnc4n3C)cc21. The second kappa shape index (κ2) is 8.22. The van der Waals surface area contributed by atoms with Crippen LogP contribution < -0.4 is 5.69 Å². The van der Waals surface area contributed by atoms with E-state index in [4.69, 9.17) is 4.74 Å². The predicted octanol–water partition coefficient (Wildman–Crippen LogP) is 3.11. The van der Waals surface area contributed by atoms with Gasteiger partial charge in [-0.25, -0.2) is 28.0 Å². The molecule has 35 heavy (non-hydrogen) atoms. The monoisotopic (exact) mass is 511 g/mol. The van der Waals surface area contributed by atoms with E-state index in [1.807, 2.05) is 0 Å². The zero-order valence-corrected chi connectivity index (χ0v) is 19.9. The summed E-state index contributed by atoms with van der Waals surface area (Å²) in [6, 6.07) is 3.35. The highest BCUT2D eigenvalue weighted by Crippen LogP contribution is 2.35. The number of rotatable bonds is 4. The molecule has 3 aromatic heterocycles. The normalized spacial score (nSPS) is 12.5. The number of halogens is 3. The highest BCUT2D eigenvalue weighted by atomic mass is 32.2. The van der Waals surface area contributed by atoms with E-state index < -0.39 is 33.4 Å². The molecule has 0 atom stereocenters. The summed E-state index contributed by atoms with van der Waals surface area (Å²) < 4.78 is 73.7. The van der Waals surface area contributed by atoms with Crippen LogP contribution in [-0.4, -0.2) is 50.5 Å². The Bertz CT molecular complexity index is 1660. The maximum atomic E-state index is 13.2. The molecule has 1 aromatic carbocycles. The van der Waals surface area contributed by atoms with Gasteiger partial charge in [-0.2, -0.15) is 17.7 Å². The minimum absolute atomic E-state index is 0.00272. The molecule has 0 fully saturated rings. The second-order valence-electron chi connectivity index (χ2n) is 7.68. The van der Waals surface area contributed by atoms with E-state index in [0.717, 1.165) is 15.2 Å². The van der Waals surface area contributed by atoms with Crippen LogP contribution in [0.25, 0.3) is 33.6 Å². The molecule has 0 bridgehead atoms. The molecule has 0 saturated carbocycles. The van der Waals surface area contributed by atoms with Gasteiger partial charge in [0.1, 0.15) is 11.3 Å². The molecule has 0 spiro atoms. The van der Waals surface area contributed by atoms with Crippen molar-refractivity contribution in [3.63, 3.8) is 0 Å². The van der Waals surface area contributed by atoms with Crippen molar-refractivity contribution in [1.82, 2.24) is 23.7 Å². The first-order valence-corrected chi connectivity index (χ1v) is 12.0. The first kappa shape index (κ1) is 24.4. The van der Waals surface area contributed by atoms with Crippen molar-refractivity contribution >= 4 is 38.1 Å². The minimum atomic E-state index is -4.64. The Morgan fingerprint density at radius 2 is 1.77 bits per heavy atom. The molecule has 0 radical (unpaired) electrons. The predicted molar refractivity (Wildman–Crippen MR) is 120 cm³/mol. The standard InChI is InChI=1S/C21H20F3N5O5S/c1-5-34-20(31)29-15-8-12(16(35(32,33)6-2)9-14(15)27(3)19(29)30)17-26-13-7-11(21(22,23)24)10-25-18(13)28(17)4/h7-10H,5-6H2,1-4H3. The zero-order valence-electron chi connectivity index (χ0n) is 19.0. The van der Waals surface area contributed by atoms with Crippen molar-refractivity contribution in [3.05, 3.63) is 40.4 Å². The molecule has 14 heteroatoms. The molecule has 4 rings (SSSR count). The van der Waals surface area contributed by atoms with Gasteiger partial charge in [0.05, 0.1) is 33.9 Å². The Balaban J connectivity index is 2.11. The largest absolute Gasteiger partial charge is 0.449 e. The number of carbonyl (C=O) groups is 1. The van der Waals surface area contributed by atoms with Gasteiger partial charge in [0, 0.05) is 25.9 Å². The van der Waals surface area contributed by atoms with Crippen molar-refractivity contribution in [2.45, 2.75) is 24.9 Å². The summed E-state index contributed by atoms with van der Waals surface area (Å²) >= 11 is 0. The van der Waals surface area contributed by atoms with Crippen LogP contribution in [0.5, 0.6) is 0 Å². The van der Waals surface area contributed by atoms with Crippen LogP contribution in [0.1, 0.15) is 19.4 Å². The highest BCUT2D eigenvalue weighted by molar-refractivity contribution is 7.91. The minimum Gasteiger partial charge on any atom is -0.449 e. The number of pyridine rings is 1. The molecule has 186 valence electrons. The number of benzene rings is 1. The molecule has 0 amide bonds. The Kier molecular flexibility index (Phi) is 5.74. The summed E-state index contributed by atoms with van der Waals surface area (Å²) in [4.78, 5) is 33.1. The number of fused-ring (bicyclic) bond motifs is 2. The van der Waals surface area contributed by atoms with Gasteiger partial charge in [-0.1, -0.05) is 6.92 Å². The molecule has 0 N–H and O–H groups in total. The number of carbonyl (C=O) groups excluding carboxylic acids is 1. The summed E-state index contributed by atoms with van der Waals surface area (Å²) in [7, 11) is -1.05. The van der Waals surface area contributed by atoms with Crippen LogP contribution in [-0.2, 0) is 34.8 Å². The topological polar surface area (TPSA) is 118 Å². The molecule has 3 heterocycles. The number of hydrogen-bond acceptors (Lipinski definition) is 7. The van der Waals surface area contributed by atoms with E-state index in [-0.39, 0.29) is 50.8 Å².